The Morgan fingerprint density at radius 3 is 2.74 bits per heavy atom. The van der Waals surface area contributed by atoms with Crippen LogP contribution in [0.2, 0.25) is 0 Å². The Morgan fingerprint density at radius 1 is 1.15 bits per heavy atom. The lowest BCUT2D eigenvalue weighted by Gasteiger charge is -2.15. The molecule has 0 saturated heterocycles. The van der Waals surface area contributed by atoms with Gasteiger partial charge in [-0.05, 0) is 40.8 Å². The molecule has 0 radical (unpaired) electrons. The number of aromatic nitrogens is 2. The fourth-order valence-electron chi connectivity index (χ4n) is 3.46. The van der Waals surface area contributed by atoms with E-state index in [2.05, 4.69) is 57.8 Å². The van der Waals surface area contributed by atoms with E-state index in [0.29, 0.717) is 13.0 Å². The Morgan fingerprint density at radius 2 is 1.96 bits per heavy atom. The van der Waals surface area contributed by atoms with E-state index in [4.69, 9.17) is 0 Å². The molecule has 0 spiro atoms. The van der Waals surface area contributed by atoms with Crippen molar-refractivity contribution in [1.82, 2.24) is 14.9 Å². The summed E-state index contributed by atoms with van der Waals surface area (Å²) >= 11 is 1.70. The lowest BCUT2D eigenvalue weighted by molar-refractivity contribution is -0.121. The van der Waals surface area contributed by atoms with Gasteiger partial charge < -0.3 is 9.88 Å². The first-order chi connectivity index (χ1) is 13.2. The number of pyridine rings is 1. The standard InChI is InChI=1S/C22H21N3OS/c1-25-15-19(17-5-2-3-6-20(17)25)18(21-7-4-12-27-21)13-22(26)24-14-16-8-10-23-11-9-16/h2-12,15,18H,13-14H2,1H3,(H,24,26). The summed E-state index contributed by atoms with van der Waals surface area (Å²) in [7, 11) is 2.06. The highest BCUT2D eigenvalue weighted by molar-refractivity contribution is 7.10. The van der Waals surface area contributed by atoms with Crippen molar-refractivity contribution < 1.29 is 4.79 Å². The molecule has 1 N–H and O–H groups in total. The van der Waals surface area contributed by atoms with Gasteiger partial charge in [0.05, 0.1) is 0 Å². The van der Waals surface area contributed by atoms with Crippen LogP contribution in [0.4, 0.5) is 0 Å². The molecular formula is C22H21N3OS. The fourth-order valence-corrected chi connectivity index (χ4v) is 4.31. The summed E-state index contributed by atoms with van der Waals surface area (Å²) < 4.78 is 2.14. The third-order valence-electron chi connectivity index (χ3n) is 4.82. The summed E-state index contributed by atoms with van der Waals surface area (Å²) in [6.45, 7) is 0.522. The van der Waals surface area contributed by atoms with Crippen LogP contribution in [0.15, 0.2) is 72.5 Å². The number of hydrogen-bond acceptors (Lipinski definition) is 3. The quantitative estimate of drug-likeness (QED) is 0.540. The highest BCUT2D eigenvalue weighted by Crippen LogP contribution is 2.36. The van der Waals surface area contributed by atoms with Gasteiger partial charge >= 0.3 is 0 Å². The van der Waals surface area contributed by atoms with E-state index < -0.39 is 0 Å². The number of para-hydroxylation sites is 1. The molecule has 4 nitrogen and oxygen atoms in total. The number of carbonyl (C=O) groups is 1. The zero-order chi connectivity index (χ0) is 18.6. The number of hydrogen-bond donors (Lipinski definition) is 1. The molecule has 27 heavy (non-hydrogen) atoms. The van der Waals surface area contributed by atoms with Gasteiger partial charge in [0.1, 0.15) is 0 Å². The largest absolute Gasteiger partial charge is 0.352 e. The number of fused-ring (bicyclic) bond motifs is 1. The second-order valence-electron chi connectivity index (χ2n) is 6.62. The van der Waals surface area contributed by atoms with Gasteiger partial charge in [-0.3, -0.25) is 9.78 Å². The van der Waals surface area contributed by atoms with Gasteiger partial charge in [0.15, 0.2) is 0 Å². The monoisotopic (exact) mass is 375 g/mol. The molecular weight excluding hydrogens is 354 g/mol. The van der Waals surface area contributed by atoms with E-state index in [1.807, 2.05) is 24.3 Å². The topological polar surface area (TPSA) is 46.9 Å². The predicted octanol–water partition coefficient (Wildman–Crippen LogP) is 4.47. The molecule has 1 amide bonds. The van der Waals surface area contributed by atoms with E-state index in [9.17, 15) is 4.79 Å². The van der Waals surface area contributed by atoms with Gasteiger partial charge in [0.25, 0.3) is 0 Å². The Hall–Kier alpha value is -2.92. The van der Waals surface area contributed by atoms with Gasteiger partial charge in [-0.1, -0.05) is 24.3 Å². The lowest BCUT2D eigenvalue weighted by Crippen LogP contribution is -2.24. The molecule has 4 aromatic rings. The number of thiophene rings is 1. The molecule has 0 aliphatic rings. The van der Waals surface area contributed by atoms with Crippen LogP contribution < -0.4 is 5.32 Å². The molecule has 0 aliphatic heterocycles. The molecule has 1 aromatic carbocycles. The van der Waals surface area contributed by atoms with Crippen LogP contribution in [0.5, 0.6) is 0 Å². The Bertz CT molecular complexity index is 1040. The minimum absolute atomic E-state index is 0.0496. The minimum Gasteiger partial charge on any atom is -0.352 e. The van der Waals surface area contributed by atoms with Gasteiger partial charge in [-0.15, -0.1) is 11.3 Å². The first-order valence-corrected chi connectivity index (χ1v) is 9.83. The fraction of sp³-hybridized carbons (Fsp3) is 0.182. The van der Waals surface area contributed by atoms with Crippen molar-refractivity contribution in [3.8, 4) is 0 Å². The molecule has 0 bridgehead atoms. The molecule has 1 atom stereocenters. The van der Waals surface area contributed by atoms with Crippen LogP contribution in [-0.2, 0) is 18.4 Å². The molecule has 4 rings (SSSR count). The number of benzene rings is 1. The van der Waals surface area contributed by atoms with Crippen molar-refractivity contribution in [2.45, 2.75) is 18.9 Å². The summed E-state index contributed by atoms with van der Waals surface area (Å²) in [5, 5.41) is 6.33. The summed E-state index contributed by atoms with van der Waals surface area (Å²) in [4.78, 5) is 17.9. The van der Waals surface area contributed by atoms with E-state index in [1.54, 1.807) is 23.7 Å². The molecule has 0 fully saturated rings. The van der Waals surface area contributed by atoms with Gasteiger partial charge in [0.2, 0.25) is 5.91 Å². The van der Waals surface area contributed by atoms with Crippen LogP contribution in [-0.4, -0.2) is 15.5 Å². The maximum atomic E-state index is 12.7. The number of aryl methyl sites for hydroxylation is 1. The zero-order valence-corrected chi connectivity index (χ0v) is 15.9. The Balaban J connectivity index is 1.59. The highest BCUT2D eigenvalue weighted by atomic mass is 32.1. The number of nitrogens with one attached hydrogen (secondary N) is 1. The number of rotatable bonds is 6. The molecule has 3 heterocycles. The Labute approximate surface area is 162 Å². The van der Waals surface area contributed by atoms with Crippen molar-refractivity contribution in [2.24, 2.45) is 7.05 Å². The van der Waals surface area contributed by atoms with E-state index in [1.165, 1.54) is 21.3 Å². The predicted molar refractivity (Wildman–Crippen MR) is 110 cm³/mol. The van der Waals surface area contributed by atoms with Gasteiger partial charge in [-0.25, -0.2) is 0 Å². The van der Waals surface area contributed by atoms with Crippen molar-refractivity contribution in [1.29, 1.82) is 0 Å². The first kappa shape index (κ1) is 17.5. The lowest BCUT2D eigenvalue weighted by atomic mass is 9.93. The maximum Gasteiger partial charge on any atom is 0.221 e. The summed E-state index contributed by atoms with van der Waals surface area (Å²) in [6, 6.07) is 16.4. The van der Waals surface area contributed by atoms with Crippen molar-refractivity contribution >= 4 is 28.1 Å². The van der Waals surface area contributed by atoms with Crippen molar-refractivity contribution in [2.75, 3.05) is 0 Å². The molecule has 0 aliphatic carbocycles. The molecule has 3 aromatic heterocycles. The average molecular weight is 375 g/mol. The molecule has 136 valence electrons. The van der Waals surface area contributed by atoms with Crippen molar-refractivity contribution in [3.05, 3.63) is 88.5 Å². The highest BCUT2D eigenvalue weighted by Gasteiger charge is 2.23. The number of carbonyl (C=O) groups excluding carboxylic acids is 1. The van der Waals surface area contributed by atoms with E-state index >= 15 is 0 Å². The molecule has 1 unspecified atom stereocenters. The SMILES string of the molecule is Cn1cc(C(CC(=O)NCc2ccncc2)c2cccs2)c2ccccc21. The summed E-state index contributed by atoms with van der Waals surface area (Å²) in [5.41, 5.74) is 3.44. The number of amides is 1. The van der Waals surface area contributed by atoms with Crippen molar-refractivity contribution in [3.63, 3.8) is 0 Å². The zero-order valence-electron chi connectivity index (χ0n) is 15.1. The van der Waals surface area contributed by atoms with E-state index in [0.717, 1.165) is 5.56 Å². The molecule has 0 saturated carbocycles. The van der Waals surface area contributed by atoms with Crippen LogP contribution in [0, 0.1) is 0 Å². The van der Waals surface area contributed by atoms with Crippen LogP contribution in [0.1, 0.15) is 28.3 Å². The maximum absolute atomic E-state index is 12.7. The normalized spacial score (nSPS) is 12.2. The van der Waals surface area contributed by atoms with Crippen LogP contribution in [0.3, 0.4) is 0 Å². The van der Waals surface area contributed by atoms with Gasteiger partial charge in [-0.2, -0.15) is 0 Å². The third kappa shape index (κ3) is 3.78. The average Bonchev–Trinajstić information content (AvgIpc) is 3.34. The minimum atomic E-state index is 0.0496. The third-order valence-corrected chi connectivity index (χ3v) is 5.80. The van der Waals surface area contributed by atoms with Crippen LogP contribution >= 0.6 is 11.3 Å². The second kappa shape index (κ2) is 7.76. The smallest absolute Gasteiger partial charge is 0.221 e. The van der Waals surface area contributed by atoms with Crippen LogP contribution in [0.25, 0.3) is 10.9 Å². The molecule has 5 heteroatoms. The summed E-state index contributed by atoms with van der Waals surface area (Å²) in [6.07, 6.45) is 6.07. The number of nitrogens with zero attached hydrogens (tertiary/aromatic N) is 2. The first-order valence-electron chi connectivity index (χ1n) is 8.95. The van der Waals surface area contributed by atoms with E-state index in [-0.39, 0.29) is 11.8 Å². The van der Waals surface area contributed by atoms with Gasteiger partial charge in [0, 0.05) is 60.3 Å². The second-order valence-corrected chi connectivity index (χ2v) is 7.60. The summed E-state index contributed by atoms with van der Waals surface area (Å²) in [5.74, 6) is 0.103. The Kier molecular flexibility index (Phi) is 5.03.